The molecule has 4 heteroatoms. The molecule has 0 radical (unpaired) electrons. The zero-order valence-corrected chi connectivity index (χ0v) is 9.56. The fourth-order valence-corrected chi connectivity index (χ4v) is 1.15. The molecule has 0 spiro atoms. The first-order valence-corrected chi connectivity index (χ1v) is 5.38. The molecular weight excluding hydrogens is 263 g/mol. The normalized spacial score (nSPS) is 8.64. The lowest BCUT2D eigenvalue weighted by Crippen LogP contribution is -1.85. The van der Waals surface area contributed by atoms with Gasteiger partial charge in [0, 0.05) is 17.9 Å². The molecule has 1 aromatic rings. The number of halogens is 2. The molecule has 14 heavy (non-hydrogen) atoms. The van der Waals surface area contributed by atoms with Crippen LogP contribution in [0.15, 0.2) is 12.3 Å². The first-order chi connectivity index (χ1) is 6.77. The van der Waals surface area contributed by atoms with E-state index < -0.39 is 0 Å². The lowest BCUT2D eigenvalue weighted by atomic mass is 10.2. The van der Waals surface area contributed by atoms with Gasteiger partial charge in [-0.15, -0.1) is 0 Å². The fraction of sp³-hybridized carbons (Fsp3) is 0.200. The number of pyridine rings is 1. The van der Waals surface area contributed by atoms with Gasteiger partial charge in [-0.05, 0) is 6.07 Å². The molecule has 70 valence electrons. The number of hydrogen-bond acceptors (Lipinski definition) is 2. The summed E-state index contributed by atoms with van der Waals surface area (Å²) in [4.78, 5) is 3.86. The van der Waals surface area contributed by atoms with E-state index >= 15 is 0 Å². The predicted molar refractivity (Wildman–Crippen MR) is 59.3 cm³/mol. The van der Waals surface area contributed by atoms with Gasteiger partial charge in [0.05, 0.1) is 11.1 Å². The van der Waals surface area contributed by atoms with Gasteiger partial charge in [-0.1, -0.05) is 39.4 Å². The molecule has 0 bridgehead atoms. The molecule has 0 N–H and O–H groups in total. The summed E-state index contributed by atoms with van der Waals surface area (Å²) in [5.41, 5.74) is 1.07. The van der Waals surface area contributed by atoms with Crippen molar-refractivity contribution in [2.45, 2.75) is 6.42 Å². The predicted octanol–water partition coefficient (Wildman–Crippen LogP) is 2.74. The topological polar surface area (TPSA) is 36.7 Å². The van der Waals surface area contributed by atoms with Crippen LogP contribution in [0.25, 0.3) is 0 Å². The Morgan fingerprint density at radius 2 is 2.36 bits per heavy atom. The molecule has 0 aliphatic heterocycles. The van der Waals surface area contributed by atoms with Crippen LogP contribution in [-0.2, 0) is 0 Å². The molecule has 0 atom stereocenters. The zero-order valence-electron chi connectivity index (χ0n) is 7.22. The van der Waals surface area contributed by atoms with E-state index in [9.17, 15) is 0 Å². The Bertz CT molecular complexity index is 426. The maximum Gasteiger partial charge on any atom is 0.144 e. The monoisotopic (exact) mass is 268 g/mol. The maximum atomic E-state index is 8.64. The van der Waals surface area contributed by atoms with Gasteiger partial charge in [0.25, 0.3) is 0 Å². The largest absolute Gasteiger partial charge is 0.242 e. The van der Waals surface area contributed by atoms with Crippen LogP contribution in [0.4, 0.5) is 0 Å². The van der Waals surface area contributed by atoms with Gasteiger partial charge in [-0.2, -0.15) is 5.26 Å². The van der Waals surface area contributed by atoms with Crippen LogP contribution in [0.2, 0.25) is 5.15 Å². The molecule has 1 aromatic heterocycles. The summed E-state index contributed by atoms with van der Waals surface area (Å²) in [6, 6.07) is 3.62. The van der Waals surface area contributed by atoms with Gasteiger partial charge in [0.2, 0.25) is 0 Å². The summed E-state index contributed by atoms with van der Waals surface area (Å²) in [5, 5.41) is 9.80. The van der Waals surface area contributed by atoms with Crippen molar-refractivity contribution in [1.82, 2.24) is 4.98 Å². The Balaban J connectivity index is 2.98. The quantitative estimate of drug-likeness (QED) is 0.446. The van der Waals surface area contributed by atoms with Gasteiger partial charge in [-0.3, -0.25) is 0 Å². The second kappa shape index (κ2) is 5.65. The molecule has 1 heterocycles. The average Bonchev–Trinajstić information content (AvgIpc) is 2.21. The van der Waals surface area contributed by atoms with E-state index in [4.69, 9.17) is 16.9 Å². The second-order valence-electron chi connectivity index (χ2n) is 2.41. The Kier molecular flexibility index (Phi) is 4.46. The molecule has 0 unspecified atom stereocenters. The number of aromatic nitrogens is 1. The minimum absolute atomic E-state index is 0.339. The highest BCUT2D eigenvalue weighted by Gasteiger charge is 1.99. The SMILES string of the molecule is N#Cc1cnc(Cl)c(C#CCCBr)c1. The van der Waals surface area contributed by atoms with Crippen molar-refractivity contribution in [3.63, 3.8) is 0 Å². The molecule has 0 aliphatic carbocycles. The van der Waals surface area contributed by atoms with Crippen LogP contribution in [0, 0.1) is 23.2 Å². The highest BCUT2D eigenvalue weighted by molar-refractivity contribution is 9.09. The van der Waals surface area contributed by atoms with Gasteiger partial charge in [0.15, 0.2) is 0 Å². The summed E-state index contributed by atoms with van der Waals surface area (Å²) in [6.07, 6.45) is 2.17. The standard InChI is InChI=1S/C10H6BrClN2/c11-4-2-1-3-9-5-8(6-13)7-14-10(9)12/h5,7H,2,4H2. The molecule has 0 aromatic carbocycles. The van der Waals surface area contributed by atoms with Crippen LogP contribution < -0.4 is 0 Å². The minimum atomic E-state index is 0.339. The second-order valence-corrected chi connectivity index (χ2v) is 3.57. The highest BCUT2D eigenvalue weighted by atomic mass is 79.9. The van der Waals surface area contributed by atoms with Gasteiger partial charge in [0.1, 0.15) is 11.2 Å². The summed E-state index contributed by atoms with van der Waals surface area (Å²) >= 11 is 9.06. The highest BCUT2D eigenvalue weighted by Crippen LogP contribution is 2.12. The van der Waals surface area contributed by atoms with E-state index in [1.54, 1.807) is 6.07 Å². The number of hydrogen-bond donors (Lipinski definition) is 0. The van der Waals surface area contributed by atoms with Gasteiger partial charge < -0.3 is 0 Å². The number of nitrogens with zero attached hydrogens (tertiary/aromatic N) is 2. The summed E-state index contributed by atoms with van der Waals surface area (Å²) in [7, 11) is 0. The maximum absolute atomic E-state index is 8.64. The van der Waals surface area contributed by atoms with Crippen LogP contribution in [0.5, 0.6) is 0 Å². The van der Waals surface area contributed by atoms with E-state index in [1.807, 2.05) is 6.07 Å². The third-order valence-electron chi connectivity index (χ3n) is 1.41. The number of alkyl halides is 1. The van der Waals surface area contributed by atoms with E-state index in [1.165, 1.54) is 6.20 Å². The average molecular weight is 270 g/mol. The number of rotatable bonds is 1. The zero-order chi connectivity index (χ0) is 10.4. The Morgan fingerprint density at radius 1 is 1.57 bits per heavy atom. The Hall–Kier alpha value is -1.03. The Labute approximate surface area is 96.0 Å². The lowest BCUT2D eigenvalue weighted by molar-refractivity contribution is 1.28. The molecule has 0 fully saturated rings. The van der Waals surface area contributed by atoms with Crippen molar-refractivity contribution in [2.24, 2.45) is 0 Å². The van der Waals surface area contributed by atoms with Gasteiger partial charge in [-0.25, -0.2) is 4.98 Å². The van der Waals surface area contributed by atoms with Crippen molar-refractivity contribution < 1.29 is 0 Å². The first kappa shape index (κ1) is 11.0. The molecule has 0 amide bonds. The van der Waals surface area contributed by atoms with E-state index in [0.717, 1.165) is 11.8 Å². The Morgan fingerprint density at radius 3 is 3.00 bits per heavy atom. The third-order valence-corrected chi connectivity index (χ3v) is 2.11. The van der Waals surface area contributed by atoms with Crippen molar-refractivity contribution >= 4 is 27.5 Å². The molecule has 0 saturated heterocycles. The van der Waals surface area contributed by atoms with Crippen molar-refractivity contribution in [3.8, 4) is 17.9 Å². The number of nitriles is 1. The summed E-state index contributed by atoms with van der Waals surface area (Å²) < 4.78 is 0. The minimum Gasteiger partial charge on any atom is -0.242 e. The smallest absolute Gasteiger partial charge is 0.144 e. The van der Waals surface area contributed by atoms with Crippen molar-refractivity contribution in [3.05, 3.63) is 28.5 Å². The summed E-state index contributed by atoms with van der Waals surface area (Å²) in [5.74, 6) is 5.78. The molecular formula is C10H6BrClN2. The fourth-order valence-electron chi connectivity index (χ4n) is 0.802. The van der Waals surface area contributed by atoms with Crippen LogP contribution in [-0.4, -0.2) is 10.3 Å². The van der Waals surface area contributed by atoms with Crippen molar-refractivity contribution in [2.75, 3.05) is 5.33 Å². The lowest BCUT2D eigenvalue weighted by Gasteiger charge is -1.94. The van der Waals surface area contributed by atoms with Crippen LogP contribution in [0.1, 0.15) is 17.5 Å². The van der Waals surface area contributed by atoms with Crippen molar-refractivity contribution in [1.29, 1.82) is 5.26 Å². The van der Waals surface area contributed by atoms with Gasteiger partial charge >= 0.3 is 0 Å². The molecule has 0 aliphatic rings. The molecule has 1 rings (SSSR count). The van der Waals surface area contributed by atoms with E-state index in [2.05, 4.69) is 32.8 Å². The first-order valence-electron chi connectivity index (χ1n) is 3.88. The van der Waals surface area contributed by atoms with Crippen LogP contribution in [0.3, 0.4) is 0 Å². The van der Waals surface area contributed by atoms with Crippen LogP contribution >= 0.6 is 27.5 Å². The van der Waals surface area contributed by atoms with E-state index in [-0.39, 0.29) is 0 Å². The third kappa shape index (κ3) is 3.03. The molecule has 2 nitrogen and oxygen atoms in total. The molecule has 0 saturated carbocycles. The van der Waals surface area contributed by atoms with E-state index in [0.29, 0.717) is 16.3 Å². The summed E-state index contributed by atoms with van der Waals surface area (Å²) in [6.45, 7) is 0.